The molecule has 0 radical (unpaired) electrons. The number of Topliss-reactive ketones (excluding diaryl/α,β-unsaturated/α-hetero) is 1. The lowest BCUT2D eigenvalue weighted by atomic mass is 10.2. The zero-order valence-corrected chi connectivity index (χ0v) is 9.83. The molecule has 6 heteroatoms. The molecule has 2 N–H and O–H groups in total. The number of amides is 2. The number of ketones is 1. The number of carbonyl (C=O) groups is 3. The highest BCUT2D eigenvalue weighted by Crippen LogP contribution is 1.87. The summed E-state index contributed by atoms with van der Waals surface area (Å²) < 4.78 is 4.76. The third-order valence-electron chi connectivity index (χ3n) is 1.79. The average Bonchev–Trinajstić information content (AvgIpc) is 2.16. The van der Waals surface area contributed by atoms with Crippen molar-refractivity contribution < 1.29 is 19.1 Å². The molecule has 0 heterocycles. The molecule has 0 aromatic rings. The van der Waals surface area contributed by atoms with Gasteiger partial charge >= 0.3 is 0 Å². The van der Waals surface area contributed by atoms with Crippen LogP contribution in [0.5, 0.6) is 0 Å². The molecule has 0 rings (SSSR count). The lowest BCUT2D eigenvalue weighted by Gasteiger charge is -2.13. The maximum atomic E-state index is 11.4. The maximum Gasteiger partial charge on any atom is 0.242 e. The highest BCUT2D eigenvalue weighted by molar-refractivity contribution is 5.98. The Kier molecular flexibility index (Phi) is 7.11. The first-order chi connectivity index (χ1) is 7.47. The summed E-state index contributed by atoms with van der Waals surface area (Å²) >= 11 is 0. The van der Waals surface area contributed by atoms with E-state index in [1.165, 1.54) is 14.0 Å². The van der Waals surface area contributed by atoms with E-state index in [-0.39, 0.29) is 18.1 Å². The van der Waals surface area contributed by atoms with E-state index in [1.54, 1.807) is 6.92 Å². The van der Waals surface area contributed by atoms with Gasteiger partial charge < -0.3 is 15.4 Å². The first-order valence-electron chi connectivity index (χ1n) is 5.02. The van der Waals surface area contributed by atoms with Gasteiger partial charge in [0.15, 0.2) is 0 Å². The fraction of sp³-hybridized carbons (Fsp3) is 0.700. The van der Waals surface area contributed by atoms with Gasteiger partial charge in [0.05, 0.1) is 13.0 Å². The van der Waals surface area contributed by atoms with Crippen LogP contribution in [0, 0.1) is 0 Å². The second-order valence-corrected chi connectivity index (χ2v) is 3.45. The van der Waals surface area contributed by atoms with E-state index in [2.05, 4.69) is 10.6 Å². The molecule has 0 aliphatic rings. The van der Waals surface area contributed by atoms with E-state index in [9.17, 15) is 14.4 Å². The van der Waals surface area contributed by atoms with Crippen molar-refractivity contribution in [3.63, 3.8) is 0 Å². The van der Waals surface area contributed by atoms with Crippen LogP contribution in [-0.4, -0.2) is 43.9 Å². The number of hydrogen-bond acceptors (Lipinski definition) is 4. The number of rotatable bonds is 7. The normalized spacial score (nSPS) is 11.7. The van der Waals surface area contributed by atoms with E-state index in [0.717, 1.165) is 0 Å². The molecule has 6 nitrogen and oxygen atoms in total. The Hall–Kier alpha value is -1.43. The molecular weight excluding hydrogens is 212 g/mol. The molecule has 0 aliphatic heterocycles. The van der Waals surface area contributed by atoms with Crippen LogP contribution in [-0.2, 0) is 19.1 Å². The zero-order valence-electron chi connectivity index (χ0n) is 9.83. The van der Waals surface area contributed by atoms with Crippen LogP contribution in [0.3, 0.4) is 0 Å². The summed E-state index contributed by atoms with van der Waals surface area (Å²) in [6.45, 7) is 3.69. The zero-order chi connectivity index (χ0) is 12.6. The topological polar surface area (TPSA) is 84.5 Å². The van der Waals surface area contributed by atoms with Gasteiger partial charge in [0, 0.05) is 13.7 Å². The van der Waals surface area contributed by atoms with E-state index in [1.807, 2.05) is 0 Å². The molecule has 0 saturated heterocycles. The van der Waals surface area contributed by atoms with E-state index < -0.39 is 11.9 Å². The van der Waals surface area contributed by atoms with Crippen molar-refractivity contribution in [1.82, 2.24) is 10.6 Å². The molecule has 0 bridgehead atoms. The van der Waals surface area contributed by atoms with Crippen LogP contribution in [0.2, 0.25) is 0 Å². The Bertz CT molecular complexity index is 266. The smallest absolute Gasteiger partial charge is 0.242 e. The largest absolute Gasteiger partial charge is 0.383 e. The summed E-state index contributed by atoms with van der Waals surface area (Å²) in [4.78, 5) is 33.2. The minimum Gasteiger partial charge on any atom is -0.383 e. The quantitative estimate of drug-likeness (QED) is 0.444. The van der Waals surface area contributed by atoms with Gasteiger partial charge in [0.2, 0.25) is 11.8 Å². The number of hydrogen-bond donors (Lipinski definition) is 2. The molecule has 16 heavy (non-hydrogen) atoms. The minimum atomic E-state index is -0.649. The van der Waals surface area contributed by atoms with Crippen molar-refractivity contribution in [2.24, 2.45) is 0 Å². The van der Waals surface area contributed by atoms with Gasteiger partial charge in [-0.3, -0.25) is 14.4 Å². The van der Waals surface area contributed by atoms with E-state index >= 15 is 0 Å². The predicted molar refractivity (Wildman–Crippen MR) is 57.8 cm³/mol. The SMILES string of the molecule is COCCNC(=O)C(C)NC(=O)CC(C)=O. The highest BCUT2D eigenvalue weighted by atomic mass is 16.5. The van der Waals surface area contributed by atoms with Crippen molar-refractivity contribution in [2.45, 2.75) is 26.3 Å². The first kappa shape index (κ1) is 14.6. The molecule has 1 atom stereocenters. The predicted octanol–water partition coefficient (Wildman–Crippen LogP) is -0.767. The standard InChI is InChI=1S/C10H18N2O4/c1-7(13)6-9(14)12-8(2)10(15)11-4-5-16-3/h8H,4-6H2,1-3H3,(H,11,15)(H,12,14). The summed E-state index contributed by atoms with van der Waals surface area (Å²) in [7, 11) is 1.53. The lowest BCUT2D eigenvalue weighted by molar-refractivity contribution is -0.131. The third-order valence-corrected chi connectivity index (χ3v) is 1.79. The average molecular weight is 230 g/mol. The summed E-state index contributed by atoms with van der Waals surface area (Å²) in [5, 5.41) is 5.00. The number of carbonyl (C=O) groups excluding carboxylic acids is 3. The molecule has 1 unspecified atom stereocenters. The van der Waals surface area contributed by atoms with Crippen molar-refractivity contribution in [3.8, 4) is 0 Å². The number of ether oxygens (including phenoxy) is 1. The Morgan fingerprint density at radius 1 is 1.31 bits per heavy atom. The summed E-state index contributed by atoms with van der Waals surface area (Å²) in [6.07, 6.45) is -0.199. The van der Waals surface area contributed by atoms with Gasteiger partial charge in [0.25, 0.3) is 0 Å². The number of nitrogens with one attached hydrogen (secondary N) is 2. The van der Waals surface area contributed by atoms with Crippen molar-refractivity contribution in [1.29, 1.82) is 0 Å². The molecule has 0 aromatic heterocycles. The van der Waals surface area contributed by atoms with Gasteiger partial charge in [-0.1, -0.05) is 0 Å². The molecule has 0 fully saturated rings. The van der Waals surface area contributed by atoms with E-state index in [0.29, 0.717) is 13.2 Å². The van der Waals surface area contributed by atoms with Gasteiger partial charge in [-0.05, 0) is 13.8 Å². The fourth-order valence-corrected chi connectivity index (χ4v) is 1.01. The maximum absolute atomic E-state index is 11.4. The summed E-state index contributed by atoms with van der Waals surface area (Å²) in [6, 6.07) is -0.649. The van der Waals surface area contributed by atoms with Gasteiger partial charge in [-0.15, -0.1) is 0 Å². The molecule has 0 aliphatic carbocycles. The monoisotopic (exact) mass is 230 g/mol. The van der Waals surface area contributed by atoms with Crippen molar-refractivity contribution in [2.75, 3.05) is 20.3 Å². The second-order valence-electron chi connectivity index (χ2n) is 3.45. The Balaban J connectivity index is 3.86. The first-order valence-corrected chi connectivity index (χ1v) is 5.02. The molecule has 92 valence electrons. The Morgan fingerprint density at radius 3 is 2.44 bits per heavy atom. The molecule has 0 spiro atoms. The highest BCUT2D eigenvalue weighted by Gasteiger charge is 2.15. The molecule has 2 amide bonds. The van der Waals surface area contributed by atoms with Crippen LogP contribution < -0.4 is 10.6 Å². The molecular formula is C10H18N2O4. The van der Waals surface area contributed by atoms with Crippen LogP contribution in [0.15, 0.2) is 0 Å². The van der Waals surface area contributed by atoms with Gasteiger partial charge in [-0.25, -0.2) is 0 Å². The molecule has 0 aromatic carbocycles. The Labute approximate surface area is 94.7 Å². The summed E-state index contributed by atoms with van der Waals surface area (Å²) in [5.74, 6) is -0.972. The number of methoxy groups -OCH3 is 1. The summed E-state index contributed by atoms with van der Waals surface area (Å²) in [5.41, 5.74) is 0. The minimum absolute atomic E-state index is 0.199. The van der Waals surface area contributed by atoms with Crippen molar-refractivity contribution >= 4 is 17.6 Å². The third kappa shape index (κ3) is 6.94. The Morgan fingerprint density at radius 2 is 1.94 bits per heavy atom. The van der Waals surface area contributed by atoms with Crippen LogP contribution >= 0.6 is 0 Å². The second kappa shape index (κ2) is 7.81. The van der Waals surface area contributed by atoms with Crippen LogP contribution in [0.25, 0.3) is 0 Å². The van der Waals surface area contributed by atoms with Crippen molar-refractivity contribution in [3.05, 3.63) is 0 Å². The van der Waals surface area contributed by atoms with Gasteiger partial charge in [0.1, 0.15) is 11.8 Å². The fourth-order valence-electron chi connectivity index (χ4n) is 1.01. The van der Waals surface area contributed by atoms with Crippen LogP contribution in [0.1, 0.15) is 20.3 Å². The van der Waals surface area contributed by atoms with E-state index in [4.69, 9.17) is 4.74 Å². The van der Waals surface area contributed by atoms with Gasteiger partial charge in [-0.2, -0.15) is 0 Å². The lowest BCUT2D eigenvalue weighted by Crippen LogP contribution is -2.45. The molecule has 0 saturated carbocycles. The van der Waals surface area contributed by atoms with Crippen LogP contribution in [0.4, 0.5) is 0 Å².